The van der Waals surface area contributed by atoms with Crippen LogP contribution in [0.15, 0.2) is 53.6 Å². The number of benzene rings is 2. The topological polar surface area (TPSA) is 154 Å². The van der Waals surface area contributed by atoms with Gasteiger partial charge in [0.25, 0.3) is 11.4 Å². The summed E-state index contributed by atoms with van der Waals surface area (Å²) in [4.78, 5) is 30.2. The minimum Gasteiger partial charge on any atom is -0.272 e. The average molecular weight is 357 g/mol. The SMILES string of the molecule is O=[N+]([O-])c1ccc(/C=C/C=N\Nc2ccc([N+](=O)[O-])cc2[N+](=O)[O-])cc1. The van der Waals surface area contributed by atoms with E-state index in [1.165, 1.54) is 30.5 Å². The van der Waals surface area contributed by atoms with Crippen LogP contribution in [0.1, 0.15) is 5.56 Å². The molecule has 2 aromatic carbocycles. The first-order valence-corrected chi connectivity index (χ1v) is 7.01. The summed E-state index contributed by atoms with van der Waals surface area (Å²) in [6, 6.07) is 8.97. The summed E-state index contributed by atoms with van der Waals surface area (Å²) < 4.78 is 0. The number of nitro groups is 3. The molecule has 2 aromatic rings. The molecule has 11 heteroatoms. The highest BCUT2D eigenvalue weighted by Crippen LogP contribution is 2.28. The number of nitrogens with one attached hydrogen (secondary N) is 1. The molecule has 0 atom stereocenters. The zero-order valence-corrected chi connectivity index (χ0v) is 13.0. The van der Waals surface area contributed by atoms with Crippen LogP contribution in [0.4, 0.5) is 22.7 Å². The lowest BCUT2D eigenvalue weighted by atomic mass is 10.2. The van der Waals surface area contributed by atoms with E-state index >= 15 is 0 Å². The van der Waals surface area contributed by atoms with Crippen molar-refractivity contribution in [2.24, 2.45) is 5.10 Å². The number of hydrogen-bond acceptors (Lipinski definition) is 8. The average Bonchev–Trinajstić information content (AvgIpc) is 2.61. The Balaban J connectivity index is 2.05. The maximum absolute atomic E-state index is 11.0. The fourth-order valence-electron chi connectivity index (χ4n) is 1.89. The molecule has 0 bridgehead atoms. The van der Waals surface area contributed by atoms with Crippen LogP contribution in [-0.2, 0) is 0 Å². The maximum Gasteiger partial charge on any atom is 0.301 e. The smallest absolute Gasteiger partial charge is 0.272 e. The molecule has 1 N–H and O–H groups in total. The Morgan fingerprint density at radius 1 is 0.846 bits per heavy atom. The number of nitrogens with zero attached hydrogens (tertiary/aromatic N) is 4. The van der Waals surface area contributed by atoms with Crippen molar-refractivity contribution in [2.75, 3.05) is 5.43 Å². The van der Waals surface area contributed by atoms with E-state index in [1.807, 2.05) is 0 Å². The van der Waals surface area contributed by atoms with E-state index in [9.17, 15) is 30.3 Å². The molecule has 0 aliphatic rings. The number of nitro benzene ring substituents is 3. The first-order valence-electron chi connectivity index (χ1n) is 7.01. The highest BCUT2D eigenvalue weighted by Gasteiger charge is 2.18. The molecule has 0 saturated heterocycles. The van der Waals surface area contributed by atoms with Crippen molar-refractivity contribution in [1.82, 2.24) is 0 Å². The molecule has 0 radical (unpaired) electrons. The van der Waals surface area contributed by atoms with Gasteiger partial charge >= 0.3 is 5.69 Å². The van der Waals surface area contributed by atoms with Gasteiger partial charge in [-0.05, 0) is 29.8 Å². The van der Waals surface area contributed by atoms with Gasteiger partial charge < -0.3 is 0 Å². The zero-order valence-electron chi connectivity index (χ0n) is 13.0. The monoisotopic (exact) mass is 357 g/mol. The Bertz CT molecular complexity index is 907. The second kappa shape index (κ2) is 8.10. The van der Waals surface area contributed by atoms with Gasteiger partial charge in [0.2, 0.25) is 0 Å². The Hall–Kier alpha value is -4.15. The van der Waals surface area contributed by atoms with Gasteiger partial charge in [-0.3, -0.25) is 35.8 Å². The zero-order chi connectivity index (χ0) is 19.1. The molecular formula is C15H11N5O6. The van der Waals surface area contributed by atoms with Crippen LogP contribution in [0.2, 0.25) is 0 Å². The number of anilines is 1. The molecule has 0 aliphatic heterocycles. The Kier molecular flexibility index (Phi) is 5.67. The van der Waals surface area contributed by atoms with Crippen LogP contribution in [0.3, 0.4) is 0 Å². The summed E-state index contributed by atoms with van der Waals surface area (Å²) in [7, 11) is 0. The number of non-ortho nitro benzene ring substituents is 2. The second-order valence-electron chi connectivity index (χ2n) is 4.81. The predicted octanol–water partition coefficient (Wildman–Crippen LogP) is 3.52. The lowest BCUT2D eigenvalue weighted by Crippen LogP contribution is -1.98. The molecule has 0 aliphatic carbocycles. The third-order valence-corrected chi connectivity index (χ3v) is 3.13. The fraction of sp³-hybridized carbons (Fsp3) is 0. The molecule has 0 amide bonds. The van der Waals surface area contributed by atoms with Crippen molar-refractivity contribution < 1.29 is 14.8 Å². The normalized spacial score (nSPS) is 10.9. The summed E-state index contributed by atoms with van der Waals surface area (Å²) in [6.45, 7) is 0. The van der Waals surface area contributed by atoms with Crippen molar-refractivity contribution in [3.8, 4) is 0 Å². The number of hydrazone groups is 1. The van der Waals surface area contributed by atoms with Gasteiger partial charge in [0.15, 0.2) is 0 Å². The van der Waals surface area contributed by atoms with Crippen LogP contribution in [0.5, 0.6) is 0 Å². The van der Waals surface area contributed by atoms with Crippen LogP contribution >= 0.6 is 0 Å². The molecular weight excluding hydrogens is 346 g/mol. The summed E-state index contributed by atoms with van der Waals surface area (Å²) in [5.41, 5.74) is 2.23. The van der Waals surface area contributed by atoms with Gasteiger partial charge in [0, 0.05) is 24.4 Å². The van der Waals surface area contributed by atoms with E-state index in [0.717, 1.165) is 12.1 Å². The molecule has 2 rings (SSSR count). The lowest BCUT2D eigenvalue weighted by molar-refractivity contribution is -0.393. The number of hydrogen-bond donors (Lipinski definition) is 1. The Labute approximate surface area is 145 Å². The van der Waals surface area contributed by atoms with E-state index in [2.05, 4.69) is 10.5 Å². The van der Waals surface area contributed by atoms with Crippen molar-refractivity contribution in [2.45, 2.75) is 0 Å². The molecule has 132 valence electrons. The quantitative estimate of drug-likeness (QED) is 0.451. The third-order valence-electron chi connectivity index (χ3n) is 3.13. The lowest BCUT2D eigenvalue weighted by Gasteiger charge is -2.01. The van der Waals surface area contributed by atoms with E-state index in [4.69, 9.17) is 0 Å². The number of allylic oxidation sites excluding steroid dienone is 1. The first kappa shape index (κ1) is 18.2. The molecule has 0 heterocycles. The van der Waals surface area contributed by atoms with Crippen molar-refractivity contribution >= 4 is 35.0 Å². The fourth-order valence-corrected chi connectivity index (χ4v) is 1.89. The van der Waals surface area contributed by atoms with Gasteiger partial charge in [-0.2, -0.15) is 5.10 Å². The highest BCUT2D eigenvalue weighted by molar-refractivity contribution is 5.79. The number of rotatable bonds is 7. The highest BCUT2D eigenvalue weighted by atomic mass is 16.6. The van der Waals surface area contributed by atoms with Crippen LogP contribution < -0.4 is 5.43 Å². The van der Waals surface area contributed by atoms with Gasteiger partial charge in [0.05, 0.1) is 20.8 Å². The Morgan fingerprint density at radius 3 is 2.04 bits per heavy atom. The second-order valence-corrected chi connectivity index (χ2v) is 4.81. The standard InChI is InChI=1S/C15H11N5O6/c21-18(22)12-5-3-11(4-6-12)2-1-9-16-17-14-8-7-13(19(23)24)10-15(14)20(25)26/h1-10,17H/b2-1+,16-9-. The summed E-state index contributed by atoms with van der Waals surface area (Å²) in [5.74, 6) is 0. The van der Waals surface area contributed by atoms with E-state index in [0.29, 0.717) is 5.56 Å². The third kappa shape index (κ3) is 4.67. The van der Waals surface area contributed by atoms with Gasteiger partial charge in [-0.1, -0.05) is 6.08 Å². The van der Waals surface area contributed by atoms with Crippen LogP contribution in [0, 0.1) is 30.3 Å². The van der Waals surface area contributed by atoms with Crippen molar-refractivity contribution in [3.63, 3.8) is 0 Å². The van der Waals surface area contributed by atoms with Gasteiger partial charge in [-0.25, -0.2) is 0 Å². The van der Waals surface area contributed by atoms with E-state index in [-0.39, 0.29) is 11.4 Å². The van der Waals surface area contributed by atoms with E-state index < -0.39 is 26.1 Å². The van der Waals surface area contributed by atoms with Crippen LogP contribution in [0.25, 0.3) is 6.08 Å². The summed E-state index contributed by atoms with van der Waals surface area (Å²) in [5, 5.41) is 36.0. The molecule has 0 saturated carbocycles. The van der Waals surface area contributed by atoms with Crippen molar-refractivity contribution in [3.05, 3.63) is 84.4 Å². The summed E-state index contributed by atoms with van der Waals surface area (Å²) in [6.07, 6.45) is 4.46. The Morgan fingerprint density at radius 2 is 1.46 bits per heavy atom. The minimum atomic E-state index is -0.752. The maximum atomic E-state index is 11.0. The molecule has 0 unspecified atom stereocenters. The molecule has 11 nitrogen and oxygen atoms in total. The molecule has 0 fully saturated rings. The molecule has 0 aromatic heterocycles. The van der Waals surface area contributed by atoms with Crippen LogP contribution in [-0.4, -0.2) is 21.0 Å². The van der Waals surface area contributed by atoms with Gasteiger partial charge in [-0.15, -0.1) is 0 Å². The molecule has 26 heavy (non-hydrogen) atoms. The van der Waals surface area contributed by atoms with Gasteiger partial charge in [0.1, 0.15) is 5.69 Å². The largest absolute Gasteiger partial charge is 0.301 e. The van der Waals surface area contributed by atoms with Crippen molar-refractivity contribution in [1.29, 1.82) is 0 Å². The minimum absolute atomic E-state index is 0.000543. The van der Waals surface area contributed by atoms with E-state index in [1.54, 1.807) is 18.2 Å². The molecule has 0 spiro atoms. The summed E-state index contributed by atoms with van der Waals surface area (Å²) >= 11 is 0. The first-order chi connectivity index (χ1) is 12.4. The predicted molar refractivity (Wildman–Crippen MR) is 94.0 cm³/mol.